The van der Waals surface area contributed by atoms with E-state index < -0.39 is 22.8 Å². The van der Waals surface area contributed by atoms with Crippen molar-refractivity contribution in [3.05, 3.63) is 63.7 Å². The molecule has 1 heterocycles. The Balaban J connectivity index is 1.59. The standard InChI is InChI=1S/C18H17N5O4S/c1-10-7-8-12(9-14(10)23(26)27)17(25)22-21-16(24)11(2)19-18-20-13-5-3-4-6-15(13)28-18/h3-9,11H,1-2H3,(H,19,20)(H,21,24)(H,22,25). The Morgan fingerprint density at radius 2 is 1.93 bits per heavy atom. The molecule has 144 valence electrons. The van der Waals surface area contributed by atoms with Gasteiger partial charge in [-0.2, -0.15) is 0 Å². The predicted octanol–water partition coefficient (Wildman–Crippen LogP) is 2.77. The van der Waals surface area contributed by atoms with Crippen molar-refractivity contribution in [2.45, 2.75) is 19.9 Å². The Labute approximate surface area is 163 Å². The van der Waals surface area contributed by atoms with Gasteiger partial charge in [-0.1, -0.05) is 29.5 Å². The first-order valence-corrected chi connectivity index (χ1v) is 9.14. The molecule has 0 bridgehead atoms. The molecule has 3 N–H and O–H groups in total. The number of thiazole rings is 1. The lowest BCUT2D eigenvalue weighted by Gasteiger charge is -2.14. The van der Waals surface area contributed by atoms with Crippen molar-refractivity contribution in [1.29, 1.82) is 0 Å². The van der Waals surface area contributed by atoms with E-state index in [0.717, 1.165) is 10.2 Å². The topological polar surface area (TPSA) is 126 Å². The van der Waals surface area contributed by atoms with E-state index in [2.05, 4.69) is 21.2 Å². The van der Waals surface area contributed by atoms with Crippen molar-refractivity contribution < 1.29 is 14.5 Å². The van der Waals surface area contributed by atoms with Crippen molar-refractivity contribution in [2.24, 2.45) is 0 Å². The molecule has 1 atom stereocenters. The molecule has 0 aliphatic heterocycles. The number of fused-ring (bicyclic) bond motifs is 1. The normalized spacial score (nSPS) is 11.6. The van der Waals surface area contributed by atoms with Crippen molar-refractivity contribution >= 4 is 44.2 Å². The van der Waals surface area contributed by atoms with Gasteiger partial charge in [0.15, 0.2) is 5.13 Å². The quantitative estimate of drug-likeness (QED) is 0.447. The summed E-state index contributed by atoms with van der Waals surface area (Å²) in [5.41, 5.74) is 5.75. The fourth-order valence-electron chi connectivity index (χ4n) is 2.43. The van der Waals surface area contributed by atoms with E-state index in [0.29, 0.717) is 10.7 Å². The number of hydrogen-bond acceptors (Lipinski definition) is 7. The van der Waals surface area contributed by atoms with Gasteiger partial charge in [-0.05, 0) is 32.0 Å². The number of hydrazine groups is 1. The van der Waals surface area contributed by atoms with Gasteiger partial charge in [0.25, 0.3) is 17.5 Å². The molecule has 0 radical (unpaired) electrons. The molecule has 2 amide bonds. The zero-order chi connectivity index (χ0) is 20.3. The number of para-hydroxylation sites is 1. The molecule has 9 nitrogen and oxygen atoms in total. The van der Waals surface area contributed by atoms with Gasteiger partial charge >= 0.3 is 0 Å². The maximum Gasteiger partial charge on any atom is 0.273 e. The minimum Gasteiger partial charge on any atom is -0.350 e. The van der Waals surface area contributed by atoms with Crippen LogP contribution in [0.2, 0.25) is 0 Å². The van der Waals surface area contributed by atoms with E-state index in [-0.39, 0.29) is 11.3 Å². The molecule has 3 aromatic rings. The van der Waals surface area contributed by atoms with Crippen LogP contribution in [0.3, 0.4) is 0 Å². The number of nitro groups is 1. The van der Waals surface area contributed by atoms with Crippen LogP contribution in [-0.4, -0.2) is 27.8 Å². The lowest BCUT2D eigenvalue weighted by Crippen LogP contribution is -2.47. The van der Waals surface area contributed by atoms with Crippen LogP contribution in [0, 0.1) is 17.0 Å². The SMILES string of the molecule is Cc1ccc(C(=O)NNC(=O)C(C)Nc2nc3ccccc3s2)cc1[N+](=O)[O-]. The van der Waals surface area contributed by atoms with E-state index >= 15 is 0 Å². The van der Waals surface area contributed by atoms with Crippen LogP contribution in [0.1, 0.15) is 22.8 Å². The van der Waals surface area contributed by atoms with Crippen LogP contribution in [0.15, 0.2) is 42.5 Å². The number of nitrogens with zero attached hydrogens (tertiary/aromatic N) is 2. The molecular weight excluding hydrogens is 382 g/mol. The third-order valence-corrected chi connectivity index (χ3v) is 4.96. The van der Waals surface area contributed by atoms with E-state index in [4.69, 9.17) is 0 Å². The zero-order valence-corrected chi connectivity index (χ0v) is 15.9. The average molecular weight is 399 g/mol. The van der Waals surface area contributed by atoms with Gasteiger partial charge in [-0.25, -0.2) is 4.98 Å². The highest BCUT2D eigenvalue weighted by molar-refractivity contribution is 7.22. The molecule has 3 rings (SSSR count). The maximum absolute atomic E-state index is 12.2. The Morgan fingerprint density at radius 1 is 1.18 bits per heavy atom. The minimum atomic E-state index is -0.659. The summed E-state index contributed by atoms with van der Waals surface area (Å²) in [6, 6.07) is 11.0. The lowest BCUT2D eigenvalue weighted by atomic mass is 10.1. The van der Waals surface area contributed by atoms with Crippen molar-refractivity contribution in [2.75, 3.05) is 5.32 Å². The number of anilines is 1. The van der Waals surface area contributed by atoms with E-state index in [1.807, 2.05) is 24.3 Å². The largest absolute Gasteiger partial charge is 0.350 e. The number of carbonyl (C=O) groups excluding carboxylic acids is 2. The van der Waals surface area contributed by atoms with Crippen LogP contribution in [0.25, 0.3) is 10.2 Å². The summed E-state index contributed by atoms with van der Waals surface area (Å²) in [5.74, 6) is -1.13. The molecule has 0 aliphatic carbocycles. The fraction of sp³-hybridized carbons (Fsp3) is 0.167. The summed E-state index contributed by atoms with van der Waals surface area (Å²) in [6.45, 7) is 3.21. The Hall–Kier alpha value is -3.53. The molecule has 2 aromatic carbocycles. The number of rotatable bonds is 5. The van der Waals surface area contributed by atoms with Gasteiger partial charge in [-0.15, -0.1) is 0 Å². The highest BCUT2D eigenvalue weighted by Gasteiger charge is 2.18. The zero-order valence-electron chi connectivity index (χ0n) is 15.1. The molecule has 1 aromatic heterocycles. The molecule has 0 spiro atoms. The molecule has 10 heteroatoms. The van der Waals surface area contributed by atoms with Crippen molar-refractivity contribution in [3.63, 3.8) is 0 Å². The third-order valence-electron chi connectivity index (χ3n) is 3.99. The maximum atomic E-state index is 12.2. The smallest absolute Gasteiger partial charge is 0.273 e. The van der Waals surface area contributed by atoms with Crippen LogP contribution in [0.5, 0.6) is 0 Å². The van der Waals surface area contributed by atoms with Crippen molar-refractivity contribution in [1.82, 2.24) is 15.8 Å². The number of hydrogen-bond donors (Lipinski definition) is 3. The summed E-state index contributed by atoms with van der Waals surface area (Å²) in [5, 5.41) is 14.5. The average Bonchev–Trinajstić information content (AvgIpc) is 3.08. The second-order valence-corrected chi connectivity index (χ2v) is 7.09. The summed E-state index contributed by atoms with van der Waals surface area (Å²) in [4.78, 5) is 39.2. The lowest BCUT2D eigenvalue weighted by molar-refractivity contribution is -0.385. The molecule has 0 saturated heterocycles. The van der Waals surface area contributed by atoms with Gasteiger partial charge in [0.1, 0.15) is 6.04 Å². The summed E-state index contributed by atoms with van der Waals surface area (Å²) in [7, 11) is 0. The number of nitro benzene ring substituents is 1. The second kappa shape index (κ2) is 8.01. The highest BCUT2D eigenvalue weighted by Crippen LogP contribution is 2.25. The molecule has 0 fully saturated rings. The first-order chi connectivity index (χ1) is 13.3. The Kier molecular flexibility index (Phi) is 5.50. The fourth-order valence-corrected chi connectivity index (χ4v) is 3.38. The van der Waals surface area contributed by atoms with Gasteiger partial charge in [0.2, 0.25) is 0 Å². The molecule has 0 saturated carbocycles. The van der Waals surface area contributed by atoms with Gasteiger partial charge < -0.3 is 5.32 Å². The van der Waals surface area contributed by atoms with Crippen LogP contribution in [0.4, 0.5) is 10.8 Å². The molecule has 1 unspecified atom stereocenters. The number of nitrogens with one attached hydrogen (secondary N) is 3. The van der Waals surface area contributed by atoms with Gasteiger partial charge in [-0.3, -0.25) is 30.6 Å². The molecule has 0 aliphatic rings. The van der Waals surface area contributed by atoms with Gasteiger partial charge in [0.05, 0.1) is 15.1 Å². The van der Waals surface area contributed by atoms with Crippen molar-refractivity contribution in [3.8, 4) is 0 Å². The molecular formula is C18H17N5O4S. The molecule has 28 heavy (non-hydrogen) atoms. The highest BCUT2D eigenvalue weighted by atomic mass is 32.1. The van der Waals surface area contributed by atoms with E-state index in [9.17, 15) is 19.7 Å². The first-order valence-electron chi connectivity index (χ1n) is 8.32. The van der Waals surface area contributed by atoms with Crippen LogP contribution in [-0.2, 0) is 4.79 Å². The third kappa shape index (κ3) is 4.23. The first kappa shape index (κ1) is 19.2. The predicted molar refractivity (Wildman–Crippen MR) is 106 cm³/mol. The van der Waals surface area contributed by atoms with E-state index in [1.165, 1.54) is 29.5 Å². The Bertz CT molecular complexity index is 1030. The summed E-state index contributed by atoms with van der Waals surface area (Å²) >= 11 is 1.42. The van der Waals surface area contributed by atoms with Gasteiger partial charge in [0, 0.05) is 17.2 Å². The number of benzene rings is 2. The summed E-state index contributed by atoms with van der Waals surface area (Å²) < 4.78 is 0.992. The Morgan fingerprint density at radius 3 is 2.64 bits per heavy atom. The number of aromatic nitrogens is 1. The monoisotopic (exact) mass is 399 g/mol. The summed E-state index contributed by atoms with van der Waals surface area (Å²) in [6.07, 6.45) is 0. The van der Waals surface area contributed by atoms with Crippen LogP contribution >= 0.6 is 11.3 Å². The minimum absolute atomic E-state index is 0.0735. The number of carbonyl (C=O) groups is 2. The number of amides is 2. The second-order valence-electron chi connectivity index (χ2n) is 6.05. The van der Waals surface area contributed by atoms with Crippen LogP contribution < -0.4 is 16.2 Å². The van der Waals surface area contributed by atoms with E-state index in [1.54, 1.807) is 13.8 Å². The number of aryl methyl sites for hydroxylation is 1.